The van der Waals surface area contributed by atoms with Gasteiger partial charge in [0.15, 0.2) is 0 Å². The van der Waals surface area contributed by atoms with E-state index in [1.54, 1.807) is 14.2 Å². The summed E-state index contributed by atoms with van der Waals surface area (Å²) in [5, 5.41) is 0. The Kier molecular flexibility index (Phi) is 15.8. The number of rotatable bonds is 19. The fourth-order valence-corrected chi connectivity index (χ4v) is 6.34. The van der Waals surface area contributed by atoms with Crippen molar-refractivity contribution >= 4 is 13.7 Å². The number of hydrogen-bond donors (Lipinski definition) is 0. The molecule has 196 valence electrons. The maximum atomic E-state index is 13.6. The molecule has 34 heavy (non-hydrogen) atoms. The van der Waals surface area contributed by atoms with Crippen LogP contribution >= 0.6 is 8.15 Å². The molecule has 0 fully saturated rings. The van der Waals surface area contributed by atoms with Crippen LogP contribution in [0.5, 0.6) is 11.5 Å². The maximum absolute atomic E-state index is 13.6. The summed E-state index contributed by atoms with van der Waals surface area (Å²) in [4.78, 5) is 13.6. The smallest absolute Gasteiger partial charge is 0.218 e. The highest BCUT2D eigenvalue weighted by Crippen LogP contribution is 2.47. The van der Waals surface area contributed by atoms with Gasteiger partial charge >= 0.3 is 0 Å². The standard InChI is InChI=1S/C29H51O4P/c1-8-9-10-11-12-13-14-15-16-17-21-34(33-23-24(2)22-29(3,4)5)28(30)27-25(31-6)19-18-20-26(27)32-7/h18-20,24H,8-17,21-23H2,1-7H3. The van der Waals surface area contributed by atoms with Crippen molar-refractivity contribution in [3.05, 3.63) is 23.8 Å². The van der Waals surface area contributed by atoms with Crippen molar-refractivity contribution < 1.29 is 18.8 Å². The molecule has 0 amide bonds. The predicted octanol–water partition coefficient (Wildman–Crippen LogP) is 9.25. The van der Waals surface area contributed by atoms with Crippen LogP contribution in [0, 0.1) is 11.3 Å². The van der Waals surface area contributed by atoms with Crippen LogP contribution in [0.4, 0.5) is 0 Å². The summed E-state index contributed by atoms with van der Waals surface area (Å²) in [7, 11) is 1.95. The van der Waals surface area contributed by atoms with Crippen LogP contribution < -0.4 is 9.47 Å². The minimum Gasteiger partial charge on any atom is -0.496 e. The molecule has 0 aliphatic heterocycles. The molecule has 1 aromatic rings. The van der Waals surface area contributed by atoms with Gasteiger partial charge in [-0.2, -0.15) is 0 Å². The van der Waals surface area contributed by atoms with Crippen LogP contribution in [0.15, 0.2) is 18.2 Å². The number of carbonyl (C=O) groups is 1. The van der Waals surface area contributed by atoms with Gasteiger partial charge in [0, 0.05) is 0 Å². The fourth-order valence-electron chi connectivity index (χ4n) is 4.48. The average Bonchev–Trinajstić information content (AvgIpc) is 2.79. The second-order valence-electron chi connectivity index (χ2n) is 10.8. The highest BCUT2D eigenvalue weighted by molar-refractivity contribution is 7.71. The van der Waals surface area contributed by atoms with E-state index in [1.807, 2.05) is 18.2 Å². The number of carbonyl (C=O) groups excluding carboxylic acids is 1. The molecule has 1 rings (SSSR count). The minimum absolute atomic E-state index is 0.0307. The average molecular weight is 495 g/mol. The topological polar surface area (TPSA) is 44.8 Å². The molecule has 0 aliphatic carbocycles. The van der Waals surface area contributed by atoms with E-state index in [2.05, 4.69) is 34.6 Å². The van der Waals surface area contributed by atoms with Crippen molar-refractivity contribution in [1.29, 1.82) is 0 Å². The monoisotopic (exact) mass is 494 g/mol. The zero-order valence-corrected chi connectivity index (χ0v) is 24.0. The first-order chi connectivity index (χ1) is 16.2. The lowest BCUT2D eigenvalue weighted by Gasteiger charge is -2.25. The van der Waals surface area contributed by atoms with Crippen molar-refractivity contribution in [3.8, 4) is 11.5 Å². The number of benzene rings is 1. The molecule has 0 heterocycles. The summed E-state index contributed by atoms with van der Waals surface area (Å²) in [6.45, 7) is 11.8. The van der Waals surface area contributed by atoms with Gasteiger partial charge in [0.2, 0.25) is 5.52 Å². The Morgan fingerprint density at radius 2 is 1.38 bits per heavy atom. The Labute approximate surface area is 211 Å². The Morgan fingerprint density at radius 1 is 0.882 bits per heavy atom. The second kappa shape index (κ2) is 17.3. The molecule has 0 saturated heterocycles. The van der Waals surface area contributed by atoms with E-state index in [0.29, 0.717) is 29.6 Å². The molecule has 0 spiro atoms. The summed E-state index contributed by atoms with van der Waals surface area (Å²) in [6, 6.07) is 5.50. The van der Waals surface area contributed by atoms with Gasteiger partial charge in [-0.3, -0.25) is 4.79 Å². The Morgan fingerprint density at radius 3 is 1.85 bits per heavy atom. The Balaban J connectivity index is 2.70. The van der Waals surface area contributed by atoms with Crippen molar-refractivity contribution in [2.24, 2.45) is 11.3 Å². The molecule has 2 atom stereocenters. The third kappa shape index (κ3) is 12.5. The molecule has 0 aromatic heterocycles. The number of methoxy groups -OCH3 is 2. The van der Waals surface area contributed by atoms with Crippen molar-refractivity contribution in [1.82, 2.24) is 0 Å². The summed E-state index contributed by atoms with van der Waals surface area (Å²) < 4.78 is 17.4. The van der Waals surface area contributed by atoms with Gasteiger partial charge in [-0.05, 0) is 42.5 Å². The van der Waals surface area contributed by atoms with Crippen LogP contribution in [0.2, 0.25) is 0 Å². The molecular weight excluding hydrogens is 443 g/mol. The van der Waals surface area contributed by atoms with Gasteiger partial charge in [0.25, 0.3) is 0 Å². The number of hydrogen-bond acceptors (Lipinski definition) is 4. The zero-order chi connectivity index (χ0) is 25.4. The summed E-state index contributed by atoms with van der Waals surface area (Å²) in [5.41, 5.74) is 0.801. The summed E-state index contributed by atoms with van der Waals surface area (Å²) >= 11 is 0. The van der Waals surface area contributed by atoms with E-state index in [9.17, 15) is 4.79 Å². The highest BCUT2D eigenvalue weighted by Gasteiger charge is 2.28. The first-order valence-electron chi connectivity index (χ1n) is 13.4. The van der Waals surface area contributed by atoms with Crippen LogP contribution in [-0.2, 0) is 4.52 Å². The van der Waals surface area contributed by atoms with E-state index < -0.39 is 8.15 Å². The zero-order valence-electron chi connectivity index (χ0n) is 23.1. The van der Waals surface area contributed by atoms with Crippen molar-refractivity contribution in [3.63, 3.8) is 0 Å². The van der Waals surface area contributed by atoms with Gasteiger partial charge in [-0.25, -0.2) is 0 Å². The van der Waals surface area contributed by atoms with Crippen LogP contribution in [0.1, 0.15) is 116 Å². The van der Waals surface area contributed by atoms with Crippen LogP contribution in [0.3, 0.4) is 0 Å². The molecule has 0 aliphatic rings. The lowest BCUT2D eigenvalue weighted by molar-refractivity contribution is 0.105. The van der Waals surface area contributed by atoms with Gasteiger partial charge in [-0.15, -0.1) is 0 Å². The predicted molar refractivity (Wildman–Crippen MR) is 147 cm³/mol. The van der Waals surface area contributed by atoms with Gasteiger partial charge in [0.05, 0.1) is 20.8 Å². The number of ether oxygens (including phenoxy) is 2. The first kappa shape index (κ1) is 30.9. The van der Waals surface area contributed by atoms with E-state index in [0.717, 1.165) is 25.4 Å². The van der Waals surface area contributed by atoms with E-state index in [-0.39, 0.29) is 10.9 Å². The molecule has 2 unspecified atom stereocenters. The molecule has 0 saturated carbocycles. The van der Waals surface area contributed by atoms with E-state index in [1.165, 1.54) is 51.4 Å². The molecule has 4 nitrogen and oxygen atoms in total. The lowest BCUT2D eigenvalue weighted by atomic mass is 9.86. The molecule has 5 heteroatoms. The molecule has 1 aromatic carbocycles. The van der Waals surface area contributed by atoms with Gasteiger partial charge in [-0.1, -0.05) is 98.5 Å². The lowest BCUT2D eigenvalue weighted by Crippen LogP contribution is -2.16. The minimum atomic E-state index is -1.25. The SMILES string of the molecule is CCCCCCCCCCCCP(OCC(C)CC(C)(C)C)C(=O)c1c(OC)cccc1OC. The second-order valence-corrected chi connectivity index (χ2v) is 12.7. The summed E-state index contributed by atoms with van der Waals surface area (Å²) in [5.74, 6) is 1.53. The third-order valence-corrected chi connectivity index (χ3v) is 7.92. The maximum Gasteiger partial charge on any atom is 0.218 e. The summed E-state index contributed by atoms with van der Waals surface area (Å²) in [6.07, 6.45) is 14.7. The van der Waals surface area contributed by atoms with Crippen molar-refractivity contribution in [2.45, 2.75) is 105 Å². The van der Waals surface area contributed by atoms with Crippen molar-refractivity contribution in [2.75, 3.05) is 27.0 Å². The Bertz CT molecular complexity index is 661. The van der Waals surface area contributed by atoms with Crippen LogP contribution in [0.25, 0.3) is 0 Å². The molecular formula is C29H51O4P. The fraction of sp³-hybridized carbons (Fsp3) is 0.759. The molecule has 0 radical (unpaired) electrons. The third-order valence-electron chi connectivity index (χ3n) is 6.06. The largest absolute Gasteiger partial charge is 0.496 e. The normalized spacial score (nSPS) is 13.5. The van der Waals surface area contributed by atoms with Gasteiger partial charge < -0.3 is 14.0 Å². The van der Waals surface area contributed by atoms with E-state index in [4.69, 9.17) is 14.0 Å². The van der Waals surface area contributed by atoms with E-state index >= 15 is 0 Å². The highest BCUT2D eigenvalue weighted by atomic mass is 31.1. The van der Waals surface area contributed by atoms with Crippen LogP contribution in [-0.4, -0.2) is 32.5 Å². The molecule has 0 N–H and O–H groups in total. The quantitative estimate of drug-likeness (QED) is 0.142. The first-order valence-corrected chi connectivity index (χ1v) is 14.8. The Hall–Kier alpha value is -1.12. The van der Waals surface area contributed by atoms with Gasteiger partial charge in [0.1, 0.15) is 25.2 Å². The number of unbranched alkanes of at least 4 members (excludes halogenated alkanes) is 9. The molecule has 0 bridgehead atoms.